The Labute approximate surface area is 222 Å². The number of benzene rings is 4. The van der Waals surface area contributed by atoms with Crippen molar-refractivity contribution in [2.75, 3.05) is 9.80 Å². The average Bonchev–Trinajstić information content (AvgIpc) is 2.90. The van der Waals surface area contributed by atoms with Crippen LogP contribution in [0.4, 0.5) is 28.4 Å². The predicted molar refractivity (Wildman–Crippen MR) is 162 cm³/mol. The van der Waals surface area contributed by atoms with E-state index in [9.17, 15) is 0 Å². The van der Waals surface area contributed by atoms with E-state index in [1.807, 2.05) is 6.08 Å². The molecule has 0 fully saturated rings. The predicted octanol–water partition coefficient (Wildman–Crippen LogP) is 10.3. The van der Waals surface area contributed by atoms with Gasteiger partial charge in [0.05, 0.1) is 0 Å². The summed E-state index contributed by atoms with van der Waals surface area (Å²) in [5.41, 5.74) is 11.5. The SMILES string of the molecule is C=C/C(=C\C=C(C)C)N(c1ccc(C)cc1)c1ccc(N(c2ccc(C)cc2)c2ccc(C)cc2)cc1. The van der Waals surface area contributed by atoms with Gasteiger partial charge in [-0.2, -0.15) is 0 Å². The van der Waals surface area contributed by atoms with E-state index < -0.39 is 0 Å². The van der Waals surface area contributed by atoms with E-state index >= 15 is 0 Å². The van der Waals surface area contributed by atoms with Crippen molar-refractivity contribution in [2.45, 2.75) is 34.6 Å². The van der Waals surface area contributed by atoms with Gasteiger partial charge in [0.25, 0.3) is 0 Å². The number of aryl methyl sites for hydroxylation is 3. The van der Waals surface area contributed by atoms with Gasteiger partial charge in [0, 0.05) is 34.1 Å². The number of rotatable bonds is 8. The number of nitrogens with zero attached hydrogens (tertiary/aromatic N) is 2. The minimum Gasteiger partial charge on any atom is -0.311 e. The van der Waals surface area contributed by atoms with Crippen LogP contribution in [-0.2, 0) is 0 Å². The van der Waals surface area contributed by atoms with Gasteiger partial charge in [0.1, 0.15) is 0 Å². The van der Waals surface area contributed by atoms with E-state index in [-0.39, 0.29) is 0 Å². The summed E-state index contributed by atoms with van der Waals surface area (Å²) in [6.45, 7) is 14.7. The van der Waals surface area contributed by atoms with Gasteiger partial charge in [-0.05, 0) is 107 Å². The van der Waals surface area contributed by atoms with Gasteiger partial charge >= 0.3 is 0 Å². The van der Waals surface area contributed by atoms with Crippen LogP contribution in [0.15, 0.2) is 133 Å². The quantitative estimate of drug-likeness (QED) is 0.230. The zero-order chi connectivity index (χ0) is 26.4. The van der Waals surface area contributed by atoms with Crippen LogP contribution in [0.3, 0.4) is 0 Å². The standard InChI is InChI=1S/C35H36N2/c1-7-30(15-8-26(2)3)36(31-16-9-27(4)10-17-31)34-22-24-35(25-23-34)37(32-18-11-28(5)12-19-32)33-20-13-29(6)14-21-33/h7-25H,1H2,2-6H3/b30-15+. The van der Waals surface area contributed by atoms with Gasteiger partial charge in [-0.15, -0.1) is 0 Å². The fourth-order valence-corrected chi connectivity index (χ4v) is 4.21. The molecule has 0 aromatic heterocycles. The normalized spacial score (nSPS) is 11.1. The lowest BCUT2D eigenvalue weighted by molar-refractivity contribution is 1.20. The lowest BCUT2D eigenvalue weighted by Gasteiger charge is -2.29. The minimum atomic E-state index is 1.02. The Hall–Kier alpha value is -4.30. The highest BCUT2D eigenvalue weighted by atomic mass is 15.2. The highest BCUT2D eigenvalue weighted by molar-refractivity contribution is 5.79. The van der Waals surface area contributed by atoms with Crippen molar-refractivity contribution in [3.8, 4) is 0 Å². The molecule has 0 aliphatic carbocycles. The molecule has 0 atom stereocenters. The third-order valence-corrected chi connectivity index (χ3v) is 6.30. The first-order chi connectivity index (χ1) is 17.9. The molecule has 0 radical (unpaired) electrons. The van der Waals surface area contributed by atoms with E-state index in [4.69, 9.17) is 0 Å². The largest absolute Gasteiger partial charge is 0.311 e. The molecule has 4 aromatic carbocycles. The topological polar surface area (TPSA) is 6.48 Å². The van der Waals surface area contributed by atoms with Crippen LogP contribution in [-0.4, -0.2) is 0 Å². The molecule has 2 nitrogen and oxygen atoms in total. The van der Waals surface area contributed by atoms with E-state index in [0.29, 0.717) is 0 Å². The average molecular weight is 485 g/mol. The molecular weight excluding hydrogens is 448 g/mol. The molecule has 0 unspecified atom stereocenters. The molecule has 0 aliphatic heterocycles. The Kier molecular flexibility index (Phi) is 8.10. The summed E-state index contributed by atoms with van der Waals surface area (Å²) >= 11 is 0. The molecule has 0 saturated heterocycles. The molecule has 0 heterocycles. The van der Waals surface area contributed by atoms with Gasteiger partial charge in [-0.1, -0.05) is 71.3 Å². The second kappa shape index (κ2) is 11.6. The summed E-state index contributed by atoms with van der Waals surface area (Å²) in [5.74, 6) is 0. The molecule has 0 N–H and O–H groups in total. The monoisotopic (exact) mass is 484 g/mol. The first kappa shape index (κ1) is 25.8. The number of hydrogen-bond donors (Lipinski definition) is 0. The number of hydrogen-bond acceptors (Lipinski definition) is 2. The van der Waals surface area contributed by atoms with Crippen molar-refractivity contribution in [3.63, 3.8) is 0 Å². The Morgan fingerprint density at radius 3 is 1.19 bits per heavy atom. The van der Waals surface area contributed by atoms with Crippen LogP contribution in [0.5, 0.6) is 0 Å². The third kappa shape index (κ3) is 6.29. The number of allylic oxidation sites excluding steroid dienone is 4. The highest BCUT2D eigenvalue weighted by Crippen LogP contribution is 2.37. The number of anilines is 5. The van der Waals surface area contributed by atoms with Crippen molar-refractivity contribution in [2.24, 2.45) is 0 Å². The smallest absolute Gasteiger partial charge is 0.0463 e. The van der Waals surface area contributed by atoms with Crippen LogP contribution in [0, 0.1) is 20.8 Å². The van der Waals surface area contributed by atoms with Gasteiger partial charge in [0.2, 0.25) is 0 Å². The van der Waals surface area contributed by atoms with Gasteiger partial charge < -0.3 is 9.80 Å². The Balaban J connectivity index is 1.80. The van der Waals surface area contributed by atoms with Crippen molar-refractivity contribution in [1.82, 2.24) is 0 Å². The van der Waals surface area contributed by atoms with Crippen molar-refractivity contribution >= 4 is 28.4 Å². The maximum absolute atomic E-state index is 4.12. The molecule has 0 bridgehead atoms. The summed E-state index contributed by atoms with van der Waals surface area (Å²) in [6, 6.07) is 34.7. The molecule has 2 heteroatoms. The van der Waals surface area contributed by atoms with E-state index in [2.05, 4.69) is 160 Å². The lowest BCUT2D eigenvalue weighted by Crippen LogP contribution is -2.15. The summed E-state index contributed by atoms with van der Waals surface area (Å²) < 4.78 is 0. The van der Waals surface area contributed by atoms with Crippen molar-refractivity contribution < 1.29 is 0 Å². The summed E-state index contributed by atoms with van der Waals surface area (Å²) in [4.78, 5) is 4.55. The van der Waals surface area contributed by atoms with Crippen LogP contribution >= 0.6 is 0 Å². The fourth-order valence-electron chi connectivity index (χ4n) is 4.21. The van der Waals surface area contributed by atoms with Crippen LogP contribution in [0.1, 0.15) is 30.5 Å². The Bertz CT molecular complexity index is 1340. The highest BCUT2D eigenvalue weighted by Gasteiger charge is 2.16. The van der Waals surface area contributed by atoms with E-state index in [1.165, 1.54) is 22.3 Å². The van der Waals surface area contributed by atoms with Crippen molar-refractivity contribution in [3.05, 3.63) is 150 Å². The Morgan fingerprint density at radius 1 is 0.514 bits per heavy atom. The van der Waals surface area contributed by atoms with Crippen LogP contribution < -0.4 is 9.80 Å². The van der Waals surface area contributed by atoms with Gasteiger partial charge in [-0.3, -0.25) is 0 Å². The van der Waals surface area contributed by atoms with E-state index in [1.54, 1.807) is 0 Å². The first-order valence-electron chi connectivity index (χ1n) is 12.7. The second-order valence-electron chi connectivity index (χ2n) is 9.73. The second-order valence-corrected chi connectivity index (χ2v) is 9.73. The molecular formula is C35H36N2. The molecule has 186 valence electrons. The molecule has 0 saturated carbocycles. The maximum atomic E-state index is 4.12. The van der Waals surface area contributed by atoms with Gasteiger partial charge in [-0.25, -0.2) is 0 Å². The molecule has 0 amide bonds. The zero-order valence-electron chi connectivity index (χ0n) is 22.6. The first-order valence-corrected chi connectivity index (χ1v) is 12.7. The van der Waals surface area contributed by atoms with Crippen LogP contribution in [0.2, 0.25) is 0 Å². The van der Waals surface area contributed by atoms with Crippen LogP contribution in [0.25, 0.3) is 0 Å². The van der Waals surface area contributed by atoms with Crippen molar-refractivity contribution in [1.29, 1.82) is 0 Å². The Morgan fingerprint density at radius 2 is 0.838 bits per heavy atom. The van der Waals surface area contributed by atoms with Gasteiger partial charge in [0.15, 0.2) is 0 Å². The van der Waals surface area contributed by atoms with E-state index in [0.717, 1.165) is 34.1 Å². The maximum Gasteiger partial charge on any atom is 0.0463 e. The minimum absolute atomic E-state index is 1.02. The molecule has 0 spiro atoms. The molecule has 37 heavy (non-hydrogen) atoms. The summed E-state index contributed by atoms with van der Waals surface area (Å²) in [7, 11) is 0. The molecule has 4 aromatic rings. The zero-order valence-corrected chi connectivity index (χ0v) is 22.6. The summed E-state index contributed by atoms with van der Waals surface area (Å²) in [5, 5.41) is 0. The fraction of sp³-hybridized carbons (Fsp3) is 0.143. The summed E-state index contributed by atoms with van der Waals surface area (Å²) in [6.07, 6.45) is 6.17. The molecule has 0 aliphatic rings. The molecule has 4 rings (SSSR count). The lowest BCUT2D eigenvalue weighted by atomic mass is 10.1. The third-order valence-electron chi connectivity index (χ3n) is 6.30.